The van der Waals surface area contributed by atoms with Crippen LogP contribution in [0.2, 0.25) is 0 Å². The second-order valence-electron chi connectivity index (χ2n) is 8.14. The van der Waals surface area contributed by atoms with Crippen LogP contribution in [0.25, 0.3) is 10.9 Å². The van der Waals surface area contributed by atoms with Crippen molar-refractivity contribution in [3.8, 4) is 11.5 Å². The van der Waals surface area contributed by atoms with Gasteiger partial charge in [-0.3, -0.25) is 14.9 Å². The van der Waals surface area contributed by atoms with Crippen LogP contribution in [-0.2, 0) is 9.53 Å². The van der Waals surface area contributed by atoms with Gasteiger partial charge < -0.3 is 14.2 Å². The Morgan fingerprint density at radius 2 is 2.00 bits per heavy atom. The van der Waals surface area contributed by atoms with Crippen molar-refractivity contribution in [2.75, 3.05) is 13.7 Å². The van der Waals surface area contributed by atoms with Gasteiger partial charge in [0.25, 0.3) is 5.56 Å². The third kappa shape index (κ3) is 6.13. The van der Waals surface area contributed by atoms with Crippen molar-refractivity contribution in [2.24, 2.45) is 5.10 Å². The molecule has 196 valence electrons. The number of hydrogen-bond acceptors (Lipinski definition) is 9. The van der Waals surface area contributed by atoms with Gasteiger partial charge in [0.1, 0.15) is 5.82 Å². The molecule has 0 aliphatic heterocycles. The van der Waals surface area contributed by atoms with E-state index in [2.05, 4.69) is 30.8 Å². The fraction of sp³-hybridized carbons (Fsp3) is 0.360. The molecule has 0 aliphatic carbocycles. The van der Waals surface area contributed by atoms with Gasteiger partial charge in [0.2, 0.25) is 5.75 Å². The number of ether oxygens (including phenoxy) is 3. The SMILES string of the molecule is CCOc1cc(C=Nn2c([C@@H](C)CC)nc3ccc(Br)cc3c2=O)cc([N+](=O)[O-])c1O[C@H](C)C(=O)OC. The molecule has 3 rings (SSSR count). The number of fused-ring (bicyclic) bond motifs is 1. The van der Waals surface area contributed by atoms with Crippen LogP contribution in [0.4, 0.5) is 5.69 Å². The number of nitro benzene ring substituents is 1. The minimum Gasteiger partial charge on any atom is -0.490 e. The lowest BCUT2D eigenvalue weighted by Gasteiger charge is -2.16. The minimum atomic E-state index is -1.11. The van der Waals surface area contributed by atoms with Crippen molar-refractivity contribution in [3.05, 3.63) is 66.7 Å². The normalized spacial score (nSPS) is 12.9. The number of benzene rings is 2. The molecule has 2 aromatic carbocycles. The monoisotopic (exact) mass is 574 g/mol. The van der Waals surface area contributed by atoms with E-state index >= 15 is 0 Å². The summed E-state index contributed by atoms with van der Waals surface area (Å²) in [4.78, 5) is 41.1. The molecule has 0 bridgehead atoms. The fourth-order valence-corrected chi connectivity index (χ4v) is 3.85. The number of carbonyl (C=O) groups excluding carboxylic acids is 1. The number of rotatable bonds is 10. The molecular formula is C25H27BrN4O7. The van der Waals surface area contributed by atoms with Crippen LogP contribution >= 0.6 is 15.9 Å². The van der Waals surface area contributed by atoms with Crippen molar-refractivity contribution in [2.45, 2.75) is 46.1 Å². The second-order valence-corrected chi connectivity index (χ2v) is 9.06. The summed E-state index contributed by atoms with van der Waals surface area (Å²) < 4.78 is 17.7. The number of nitro groups is 1. The van der Waals surface area contributed by atoms with E-state index in [0.29, 0.717) is 23.1 Å². The molecule has 2 atom stereocenters. The van der Waals surface area contributed by atoms with Crippen LogP contribution < -0.4 is 15.0 Å². The Labute approximate surface area is 221 Å². The summed E-state index contributed by atoms with van der Waals surface area (Å²) in [5.41, 5.74) is 0.0254. The lowest BCUT2D eigenvalue weighted by molar-refractivity contribution is -0.386. The van der Waals surface area contributed by atoms with Crippen LogP contribution in [0.15, 0.2) is 44.7 Å². The maximum atomic E-state index is 13.3. The molecule has 0 fully saturated rings. The molecule has 0 radical (unpaired) electrons. The van der Waals surface area contributed by atoms with Crippen LogP contribution in [0.3, 0.4) is 0 Å². The van der Waals surface area contributed by atoms with Crippen molar-refractivity contribution in [3.63, 3.8) is 0 Å². The molecule has 3 aromatic rings. The first kappa shape index (κ1) is 27.8. The van der Waals surface area contributed by atoms with Crippen molar-refractivity contribution >= 4 is 44.7 Å². The average Bonchev–Trinajstić information content (AvgIpc) is 2.88. The third-order valence-corrected chi connectivity index (χ3v) is 6.08. The zero-order valence-corrected chi connectivity index (χ0v) is 22.6. The van der Waals surface area contributed by atoms with E-state index in [-0.39, 0.29) is 35.1 Å². The van der Waals surface area contributed by atoms with Gasteiger partial charge in [0.05, 0.1) is 35.8 Å². The molecule has 0 amide bonds. The molecule has 0 saturated heterocycles. The Hall–Kier alpha value is -3.80. The molecule has 1 heterocycles. The van der Waals surface area contributed by atoms with Gasteiger partial charge in [-0.15, -0.1) is 0 Å². The number of aromatic nitrogens is 2. The van der Waals surface area contributed by atoms with Crippen LogP contribution in [0.1, 0.15) is 51.4 Å². The highest BCUT2D eigenvalue weighted by Crippen LogP contribution is 2.39. The Morgan fingerprint density at radius 3 is 2.62 bits per heavy atom. The summed E-state index contributed by atoms with van der Waals surface area (Å²) in [5.74, 6) is -0.484. The molecule has 0 spiro atoms. The number of halogens is 1. The molecule has 0 N–H and O–H groups in total. The molecule has 37 heavy (non-hydrogen) atoms. The molecule has 0 aliphatic rings. The van der Waals surface area contributed by atoms with Gasteiger partial charge >= 0.3 is 11.7 Å². The second kappa shape index (κ2) is 12.0. The zero-order chi connectivity index (χ0) is 27.3. The van der Waals surface area contributed by atoms with E-state index in [0.717, 1.165) is 4.47 Å². The topological polar surface area (TPSA) is 135 Å². The predicted octanol–water partition coefficient (Wildman–Crippen LogP) is 4.80. The molecule has 11 nitrogen and oxygen atoms in total. The number of carbonyl (C=O) groups is 1. The van der Waals surface area contributed by atoms with Gasteiger partial charge in [-0.1, -0.05) is 29.8 Å². The average molecular weight is 575 g/mol. The van der Waals surface area contributed by atoms with Crippen molar-refractivity contribution < 1.29 is 23.9 Å². The summed E-state index contributed by atoms with van der Waals surface area (Å²) >= 11 is 3.38. The summed E-state index contributed by atoms with van der Waals surface area (Å²) in [6.07, 6.45) is 0.929. The molecule has 0 unspecified atom stereocenters. The van der Waals surface area contributed by atoms with E-state index < -0.39 is 22.7 Å². The largest absolute Gasteiger partial charge is 0.490 e. The lowest BCUT2D eigenvalue weighted by atomic mass is 10.1. The maximum Gasteiger partial charge on any atom is 0.346 e. The van der Waals surface area contributed by atoms with Gasteiger partial charge in [0.15, 0.2) is 11.9 Å². The van der Waals surface area contributed by atoms with Crippen LogP contribution in [-0.4, -0.2) is 46.6 Å². The quantitative estimate of drug-likeness (QED) is 0.146. The first-order valence-electron chi connectivity index (χ1n) is 11.6. The van der Waals surface area contributed by atoms with E-state index in [1.165, 1.54) is 37.1 Å². The van der Waals surface area contributed by atoms with Gasteiger partial charge in [-0.25, -0.2) is 9.78 Å². The Bertz CT molecular complexity index is 1420. The Kier molecular flexibility index (Phi) is 8.98. The summed E-state index contributed by atoms with van der Waals surface area (Å²) in [6, 6.07) is 7.95. The highest BCUT2D eigenvalue weighted by Gasteiger charge is 2.27. The lowest BCUT2D eigenvalue weighted by Crippen LogP contribution is -2.25. The number of esters is 1. The van der Waals surface area contributed by atoms with Gasteiger partial charge in [0, 0.05) is 22.0 Å². The third-order valence-electron chi connectivity index (χ3n) is 5.59. The standard InChI is InChI=1S/C25H27BrN4O7/c1-6-14(3)23-28-19-9-8-17(26)12-18(19)24(31)29(23)27-13-16-10-20(30(33)34)22(21(11-16)36-7-2)37-15(4)25(32)35-5/h8-15H,6-7H2,1-5H3/t14-,15+/m0/s1. The first-order valence-corrected chi connectivity index (χ1v) is 12.4. The van der Waals surface area contributed by atoms with Gasteiger partial charge in [-0.2, -0.15) is 9.78 Å². The smallest absolute Gasteiger partial charge is 0.346 e. The molecular weight excluding hydrogens is 548 g/mol. The van der Waals surface area contributed by atoms with Crippen LogP contribution in [0.5, 0.6) is 11.5 Å². The predicted molar refractivity (Wildman–Crippen MR) is 142 cm³/mol. The molecule has 12 heteroatoms. The molecule has 0 saturated carbocycles. The summed E-state index contributed by atoms with van der Waals surface area (Å²) in [7, 11) is 1.19. The highest BCUT2D eigenvalue weighted by atomic mass is 79.9. The number of hydrogen-bond donors (Lipinski definition) is 0. The Balaban J connectivity index is 2.17. The van der Waals surface area contributed by atoms with E-state index in [4.69, 9.17) is 9.47 Å². The fourth-order valence-electron chi connectivity index (χ4n) is 3.49. The first-order chi connectivity index (χ1) is 17.6. The minimum absolute atomic E-state index is 0.0453. The van der Waals surface area contributed by atoms with E-state index in [1.807, 2.05) is 19.9 Å². The van der Waals surface area contributed by atoms with E-state index in [1.54, 1.807) is 19.1 Å². The van der Waals surface area contributed by atoms with Crippen molar-refractivity contribution in [1.82, 2.24) is 9.66 Å². The van der Waals surface area contributed by atoms with Crippen LogP contribution in [0, 0.1) is 10.1 Å². The molecule has 1 aromatic heterocycles. The zero-order valence-electron chi connectivity index (χ0n) is 21.1. The summed E-state index contributed by atoms with van der Waals surface area (Å²) in [5, 5.41) is 16.6. The maximum absolute atomic E-state index is 13.3. The highest BCUT2D eigenvalue weighted by molar-refractivity contribution is 9.10. The van der Waals surface area contributed by atoms with E-state index in [9.17, 15) is 19.7 Å². The summed E-state index contributed by atoms with van der Waals surface area (Å²) in [6.45, 7) is 7.21. The number of nitrogens with zero attached hydrogens (tertiary/aromatic N) is 4. The Morgan fingerprint density at radius 1 is 1.27 bits per heavy atom. The van der Waals surface area contributed by atoms with Crippen molar-refractivity contribution in [1.29, 1.82) is 0 Å². The number of methoxy groups -OCH3 is 1. The van der Waals surface area contributed by atoms with Gasteiger partial charge in [-0.05, 0) is 44.5 Å².